The standard InChI is InChI=1S/C2H5.2Al.5ClH/c1-2;;;;;;;/h1H2,2H3;;;5*1H/q;+2;+3;;;;;/p-5. The first-order valence-corrected chi connectivity index (χ1v) is 11.8. The van der Waals surface area contributed by atoms with Crippen molar-refractivity contribution in [1.82, 2.24) is 0 Å². The van der Waals surface area contributed by atoms with Gasteiger partial charge in [-0.3, -0.25) is 0 Å². The van der Waals surface area contributed by atoms with E-state index in [9.17, 15) is 0 Å². The van der Waals surface area contributed by atoms with Crippen molar-refractivity contribution in [2.45, 2.75) is 12.2 Å². The summed E-state index contributed by atoms with van der Waals surface area (Å²) in [6.07, 6.45) is 0. The fourth-order valence-electron chi connectivity index (χ4n) is 0. The summed E-state index contributed by atoms with van der Waals surface area (Å²) in [7, 11) is 25.6. The van der Waals surface area contributed by atoms with Crippen LogP contribution in [0.2, 0.25) is 5.28 Å². The zero-order valence-corrected chi connectivity index (χ0v) is 10.8. The minimum Gasteiger partial charge on any atom is -0.234 e. The van der Waals surface area contributed by atoms with E-state index < -0.39 is 23.7 Å². The molecule has 0 nitrogen and oxygen atoms in total. The van der Waals surface area contributed by atoms with Crippen molar-refractivity contribution in [3.05, 3.63) is 0 Å². The van der Waals surface area contributed by atoms with E-state index in [4.69, 9.17) is 50.2 Å². The Morgan fingerprint density at radius 2 is 1.11 bits per heavy atom. The molecule has 0 aliphatic heterocycles. The molecular formula is C2H5Al2Cl5. The van der Waals surface area contributed by atoms with Crippen molar-refractivity contribution in [2.24, 2.45) is 0 Å². The first kappa shape index (κ1) is 14.1. The molecule has 7 heteroatoms. The second-order valence-corrected chi connectivity index (χ2v) is 12.9. The zero-order valence-electron chi connectivity index (χ0n) is 4.75. The van der Waals surface area contributed by atoms with Gasteiger partial charge in [0.2, 0.25) is 0 Å². The predicted molar refractivity (Wildman–Crippen MR) is 51.3 cm³/mol. The number of halogens is 5. The largest absolute Gasteiger partial charge is 0.643 e. The third-order valence-electron chi connectivity index (χ3n) is 0.309. The first-order chi connectivity index (χ1) is 4.00. The van der Waals surface area contributed by atoms with Gasteiger partial charge >= 0.3 is 23.7 Å². The highest BCUT2D eigenvalue weighted by molar-refractivity contribution is 7.54. The van der Waals surface area contributed by atoms with Crippen LogP contribution in [0.3, 0.4) is 0 Å². The number of hydrogen-bond acceptors (Lipinski definition) is 0. The van der Waals surface area contributed by atoms with Gasteiger partial charge in [-0.2, -0.15) is 0 Å². The Kier molecular flexibility index (Phi) is 16.4. The second-order valence-electron chi connectivity index (χ2n) is 1.05. The van der Waals surface area contributed by atoms with Crippen LogP contribution in [0.4, 0.5) is 0 Å². The van der Waals surface area contributed by atoms with Gasteiger partial charge < -0.3 is 0 Å². The lowest BCUT2D eigenvalue weighted by atomic mass is 11.0. The topological polar surface area (TPSA) is 0 Å². The molecule has 0 rings (SSSR count). The average molecular weight is 260 g/mol. The summed E-state index contributed by atoms with van der Waals surface area (Å²) in [5.74, 6) is 0. The van der Waals surface area contributed by atoms with Crippen LogP contribution in [0.25, 0.3) is 0 Å². The smallest absolute Gasteiger partial charge is 0.234 e. The monoisotopic (exact) mass is 258 g/mol. The molecule has 0 heterocycles. The molecule has 0 aromatic rings. The molecule has 0 saturated carbocycles. The van der Waals surface area contributed by atoms with Gasteiger partial charge in [0.1, 0.15) is 0 Å². The third-order valence-corrected chi connectivity index (χ3v) is 2.78. The summed E-state index contributed by atoms with van der Waals surface area (Å²) in [6.45, 7) is 2.00. The van der Waals surface area contributed by atoms with E-state index in [1.54, 1.807) is 0 Å². The summed E-state index contributed by atoms with van der Waals surface area (Å²) in [5.41, 5.74) is 0. The lowest BCUT2D eigenvalue weighted by Crippen LogP contribution is -1.83. The highest BCUT2D eigenvalue weighted by Gasteiger charge is 2.03. The van der Waals surface area contributed by atoms with E-state index in [1.165, 1.54) is 0 Å². The van der Waals surface area contributed by atoms with Crippen molar-refractivity contribution in [2.75, 3.05) is 0 Å². The maximum Gasteiger partial charge on any atom is 0.643 e. The number of rotatable bonds is 1. The van der Waals surface area contributed by atoms with E-state index >= 15 is 0 Å². The molecule has 0 amide bonds. The van der Waals surface area contributed by atoms with E-state index in [2.05, 4.69) is 0 Å². The minimum atomic E-state index is -1.72. The minimum absolute atomic E-state index is 0.975. The van der Waals surface area contributed by atoms with Crippen LogP contribution in [0.5, 0.6) is 0 Å². The van der Waals surface area contributed by atoms with Crippen molar-refractivity contribution in [3.8, 4) is 0 Å². The van der Waals surface area contributed by atoms with Gasteiger partial charge in [0.25, 0.3) is 0 Å². The van der Waals surface area contributed by atoms with Gasteiger partial charge in [0.05, 0.1) is 0 Å². The van der Waals surface area contributed by atoms with Crippen LogP contribution < -0.4 is 0 Å². The van der Waals surface area contributed by atoms with Crippen LogP contribution in [0.15, 0.2) is 0 Å². The molecule has 9 heavy (non-hydrogen) atoms. The van der Waals surface area contributed by atoms with Gasteiger partial charge in [-0.1, -0.05) is 12.2 Å². The quantitative estimate of drug-likeness (QED) is 0.631. The highest BCUT2D eigenvalue weighted by Crippen LogP contribution is 1.99. The third kappa shape index (κ3) is 37.4. The maximum atomic E-state index is 5.37. The summed E-state index contributed by atoms with van der Waals surface area (Å²) in [4.78, 5) is 0. The first-order valence-electron chi connectivity index (χ1n) is 2.21. The Morgan fingerprint density at radius 3 is 1.11 bits per heavy atom. The molecule has 54 valence electrons. The molecular weight excluding hydrogens is 255 g/mol. The fourth-order valence-corrected chi connectivity index (χ4v) is 0. The van der Waals surface area contributed by atoms with Gasteiger partial charge in [-0.05, 0) is 0 Å². The lowest BCUT2D eigenvalue weighted by Gasteiger charge is -1.74. The SMILES string of the molecule is C[CH2][Al]([Cl])[Cl].[Cl][Al]([Cl])[Cl]. The van der Waals surface area contributed by atoms with Gasteiger partial charge in [0, 0.05) is 0 Å². The molecule has 0 aromatic carbocycles. The average Bonchev–Trinajstić information content (AvgIpc) is 1.65. The Balaban J connectivity index is 0. The number of hydrogen-bond donors (Lipinski definition) is 0. The molecule has 0 saturated heterocycles. The molecule has 0 radical (unpaired) electrons. The lowest BCUT2D eigenvalue weighted by molar-refractivity contribution is 1.47. The predicted octanol–water partition coefficient (Wildman–Crippen LogP) is 3.66. The van der Waals surface area contributed by atoms with E-state index in [0.717, 1.165) is 5.28 Å². The molecule has 0 fully saturated rings. The summed E-state index contributed by atoms with van der Waals surface area (Å²) < 4.78 is 0. The zero-order chi connectivity index (χ0) is 7.86. The Bertz CT molecular complexity index is 45.5. The van der Waals surface area contributed by atoms with Crippen LogP contribution in [-0.4, -0.2) is 23.7 Å². The molecule has 0 N–H and O–H groups in total. The van der Waals surface area contributed by atoms with Crippen LogP contribution in [0, 0.1) is 0 Å². The van der Waals surface area contributed by atoms with Crippen molar-refractivity contribution in [1.29, 1.82) is 0 Å². The fraction of sp³-hybridized carbons (Fsp3) is 1.00. The van der Waals surface area contributed by atoms with Crippen LogP contribution in [0.1, 0.15) is 6.92 Å². The molecule has 0 aliphatic carbocycles. The highest BCUT2D eigenvalue weighted by atomic mass is 35.8. The summed E-state index contributed by atoms with van der Waals surface area (Å²) in [5, 5.41) is 0.975. The molecule has 0 spiro atoms. The molecule has 0 bridgehead atoms. The van der Waals surface area contributed by atoms with Gasteiger partial charge in [0.15, 0.2) is 0 Å². The van der Waals surface area contributed by atoms with E-state index in [0.29, 0.717) is 0 Å². The normalized spacial score (nSPS) is 7.33. The summed E-state index contributed by atoms with van der Waals surface area (Å²) in [6, 6.07) is 0. The Labute approximate surface area is 85.2 Å². The summed E-state index contributed by atoms with van der Waals surface area (Å²) >= 11 is -2.93. The molecule has 0 unspecified atom stereocenters. The molecule has 0 aromatic heterocycles. The maximum absolute atomic E-state index is 5.37. The molecule has 0 atom stereocenters. The van der Waals surface area contributed by atoms with Gasteiger partial charge in [-0.25, -0.2) is 50.2 Å². The van der Waals surface area contributed by atoms with E-state index in [1.807, 2.05) is 6.92 Å². The van der Waals surface area contributed by atoms with Crippen molar-refractivity contribution >= 4 is 73.9 Å². The molecule has 0 aliphatic rings. The van der Waals surface area contributed by atoms with E-state index in [-0.39, 0.29) is 0 Å². The Morgan fingerprint density at radius 1 is 1.00 bits per heavy atom. The van der Waals surface area contributed by atoms with Crippen LogP contribution >= 0.6 is 50.2 Å². The van der Waals surface area contributed by atoms with Crippen molar-refractivity contribution in [3.63, 3.8) is 0 Å². The second kappa shape index (κ2) is 10.5. The Hall–Kier alpha value is 2.51. The van der Waals surface area contributed by atoms with Gasteiger partial charge in [-0.15, -0.1) is 0 Å². The van der Waals surface area contributed by atoms with Crippen molar-refractivity contribution < 1.29 is 0 Å². The van der Waals surface area contributed by atoms with Crippen LogP contribution in [-0.2, 0) is 0 Å².